The number of nitrogens with two attached hydrogens (primary N) is 1. The number of hydrogen-bond donors (Lipinski definition) is 2. The number of aromatic nitrogens is 1. The minimum Gasteiger partial charge on any atom is -0.354 e. The van der Waals surface area contributed by atoms with Crippen LogP contribution in [0.1, 0.15) is 19.4 Å². The number of rotatable bonds is 5. The van der Waals surface area contributed by atoms with Crippen LogP contribution in [0.25, 0.3) is 0 Å². The third-order valence-corrected chi connectivity index (χ3v) is 4.14. The zero-order valence-electron chi connectivity index (χ0n) is 13.7. The highest BCUT2D eigenvalue weighted by Crippen LogP contribution is 2.18. The number of amides is 1. The van der Waals surface area contributed by atoms with E-state index in [1.165, 1.54) is 0 Å². The Hall–Kier alpha value is -1.66. The average molecular weight is 305 g/mol. The number of anilines is 1. The van der Waals surface area contributed by atoms with Gasteiger partial charge in [-0.3, -0.25) is 4.79 Å². The minimum atomic E-state index is -0.469. The van der Waals surface area contributed by atoms with Gasteiger partial charge in [-0.1, -0.05) is 19.9 Å². The van der Waals surface area contributed by atoms with Gasteiger partial charge in [-0.2, -0.15) is 0 Å². The van der Waals surface area contributed by atoms with Crippen LogP contribution in [-0.4, -0.2) is 55.1 Å². The van der Waals surface area contributed by atoms with Crippen LogP contribution in [0.5, 0.6) is 0 Å². The van der Waals surface area contributed by atoms with Crippen LogP contribution < -0.4 is 16.0 Å². The summed E-state index contributed by atoms with van der Waals surface area (Å²) < 4.78 is 0. The Kier molecular flexibility index (Phi) is 5.74. The maximum Gasteiger partial charge on any atom is 0.237 e. The van der Waals surface area contributed by atoms with E-state index in [2.05, 4.69) is 27.1 Å². The summed E-state index contributed by atoms with van der Waals surface area (Å²) >= 11 is 0. The molecule has 6 heteroatoms. The molecule has 0 radical (unpaired) electrons. The van der Waals surface area contributed by atoms with Crippen LogP contribution in [-0.2, 0) is 11.3 Å². The van der Waals surface area contributed by atoms with Crippen LogP contribution in [0.4, 0.5) is 5.82 Å². The number of nitrogens with one attached hydrogen (secondary N) is 1. The van der Waals surface area contributed by atoms with Gasteiger partial charge in [0.1, 0.15) is 5.82 Å². The number of likely N-dealkylation sites (N-methyl/N-ethyl adjacent to an activating group) is 1. The Balaban J connectivity index is 2.01. The maximum atomic E-state index is 12.0. The highest BCUT2D eigenvalue weighted by molar-refractivity contribution is 5.81. The summed E-state index contributed by atoms with van der Waals surface area (Å²) in [4.78, 5) is 21.1. The zero-order chi connectivity index (χ0) is 16.1. The minimum absolute atomic E-state index is 0.108. The lowest BCUT2D eigenvalue weighted by molar-refractivity contribution is -0.123. The van der Waals surface area contributed by atoms with Gasteiger partial charge in [0.05, 0.1) is 6.04 Å². The molecule has 6 nitrogen and oxygen atoms in total. The maximum absolute atomic E-state index is 12.0. The fourth-order valence-corrected chi connectivity index (χ4v) is 2.47. The van der Waals surface area contributed by atoms with Crippen LogP contribution in [0.3, 0.4) is 0 Å². The van der Waals surface area contributed by atoms with Crippen molar-refractivity contribution in [2.75, 3.05) is 38.1 Å². The SMILES string of the molecule is CC(C)[C@H](N)C(=O)NCc1cccnc1N1CCN(C)CC1. The van der Waals surface area contributed by atoms with Gasteiger partial charge in [-0.15, -0.1) is 0 Å². The molecule has 1 atom stereocenters. The third kappa shape index (κ3) is 4.18. The molecule has 0 bridgehead atoms. The lowest BCUT2D eigenvalue weighted by Gasteiger charge is -2.34. The second-order valence-electron chi connectivity index (χ2n) is 6.26. The van der Waals surface area contributed by atoms with Crippen molar-refractivity contribution in [3.8, 4) is 0 Å². The predicted molar refractivity (Wildman–Crippen MR) is 88.6 cm³/mol. The first kappa shape index (κ1) is 16.7. The Morgan fingerprint density at radius 3 is 2.68 bits per heavy atom. The topological polar surface area (TPSA) is 74.5 Å². The van der Waals surface area contributed by atoms with Gasteiger partial charge in [0.2, 0.25) is 5.91 Å². The van der Waals surface area contributed by atoms with Crippen molar-refractivity contribution in [1.29, 1.82) is 0 Å². The molecule has 1 aromatic heterocycles. The molecular weight excluding hydrogens is 278 g/mol. The third-order valence-electron chi connectivity index (χ3n) is 4.14. The molecule has 122 valence electrons. The highest BCUT2D eigenvalue weighted by Gasteiger charge is 2.20. The van der Waals surface area contributed by atoms with Crippen LogP contribution in [0, 0.1) is 5.92 Å². The molecule has 0 aliphatic carbocycles. The molecule has 1 amide bonds. The Bertz CT molecular complexity index is 497. The lowest BCUT2D eigenvalue weighted by Crippen LogP contribution is -2.46. The van der Waals surface area contributed by atoms with Crippen LogP contribution in [0.15, 0.2) is 18.3 Å². The Morgan fingerprint density at radius 1 is 1.36 bits per heavy atom. The van der Waals surface area contributed by atoms with Gasteiger partial charge in [-0.05, 0) is 19.0 Å². The van der Waals surface area contributed by atoms with Gasteiger partial charge < -0.3 is 20.9 Å². The van der Waals surface area contributed by atoms with E-state index in [1.54, 1.807) is 6.20 Å². The van der Waals surface area contributed by atoms with E-state index < -0.39 is 6.04 Å². The van der Waals surface area contributed by atoms with Gasteiger partial charge in [0, 0.05) is 44.5 Å². The second kappa shape index (κ2) is 7.56. The van der Waals surface area contributed by atoms with Crippen LogP contribution in [0.2, 0.25) is 0 Å². The van der Waals surface area contributed by atoms with E-state index in [1.807, 2.05) is 26.0 Å². The molecule has 1 fully saturated rings. The molecule has 3 N–H and O–H groups in total. The molecule has 1 saturated heterocycles. The fraction of sp³-hybridized carbons (Fsp3) is 0.625. The quantitative estimate of drug-likeness (QED) is 0.825. The Labute approximate surface area is 132 Å². The Morgan fingerprint density at radius 2 is 2.05 bits per heavy atom. The standard InChI is InChI=1S/C16H27N5O/c1-12(2)14(17)16(22)19-11-13-5-4-6-18-15(13)21-9-7-20(3)8-10-21/h4-6,12,14H,7-11,17H2,1-3H3,(H,19,22)/t14-/m0/s1. The molecule has 1 aromatic rings. The number of nitrogens with zero attached hydrogens (tertiary/aromatic N) is 3. The van der Waals surface area contributed by atoms with Gasteiger partial charge >= 0.3 is 0 Å². The van der Waals surface area contributed by atoms with Crippen molar-refractivity contribution >= 4 is 11.7 Å². The molecule has 1 aliphatic rings. The summed E-state index contributed by atoms with van der Waals surface area (Å²) in [7, 11) is 2.13. The van der Waals surface area contributed by atoms with E-state index in [0.29, 0.717) is 6.54 Å². The molecule has 2 heterocycles. The molecule has 1 aliphatic heterocycles. The van der Waals surface area contributed by atoms with Crippen molar-refractivity contribution in [2.45, 2.75) is 26.4 Å². The molecular formula is C16H27N5O. The van der Waals surface area contributed by atoms with Crippen molar-refractivity contribution in [3.63, 3.8) is 0 Å². The summed E-state index contributed by atoms with van der Waals surface area (Å²) in [5.41, 5.74) is 6.91. The first-order valence-electron chi connectivity index (χ1n) is 7.89. The summed E-state index contributed by atoms with van der Waals surface area (Å²) in [5, 5.41) is 2.93. The predicted octanol–water partition coefficient (Wildman–Crippen LogP) is 0.433. The van der Waals surface area contributed by atoms with Gasteiger partial charge in [-0.25, -0.2) is 4.98 Å². The molecule has 22 heavy (non-hydrogen) atoms. The normalized spacial score (nSPS) is 17.6. The second-order valence-corrected chi connectivity index (χ2v) is 6.26. The molecule has 0 aromatic carbocycles. The van der Waals surface area contributed by atoms with E-state index in [9.17, 15) is 4.79 Å². The lowest BCUT2D eigenvalue weighted by atomic mass is 10.0. The van der Waals surface area contributed by atoms with E-state index in [0.717, 1.165) is 37.6 Å². The summed E-state index contributed by atoms with van der Waals surface area (Å²) in [6.45, 7) is 8.34. The number of pyridine rings is 1. The number of carbonyl (C=O) groups is 1. The number of piperazine rings is 1. The van der Waals surface area contributed by atoms with Crippen LogP contribution >= 0.6 is 0 Å². The average Bonchev–Trinajstić information content (AvgIpc) is 2.53. The monoisotopic (exact) mass is 305 g/mol. The zero-order valence-corrected chi connectivity index (χ0v) is 13.7. The first-order valence-corrected chi connectivity index (χ1v) is 7.89. The van der Waals surface area contributed by atoms with Gasteiger partial charge in [0.15, 0.2) is 0 Å². The van der Waals surface area contributed by atoms with Crippen molar-refractivity contribution in [2.24, 2.45) is 11.7 Å². The first-order chi connectivity index (χ1) is 10.5. The van der Waals surface area contributed by atoms with Gasteiger partial charge in [0.25, 0.3) is 0 Å². The van der Waals surface area contributed by atoms with Crippen molar-refractivity contribution in [1.82, 2.24) is 15.2 Å². The van der Waals surface area contributed by atoms with E-state index >= 15 is 0 Å². The highest BCUT2D eigenvalue weighted by atomic mass is 16.2. The van der Waals surface area contributed by atoms with Crippen molar-refractivity contribution in [3.05, 3.63) is 23.9 Å². The van der Waals surface area contributed by atoms with E-state index in [4.69, 9.17) is 5.73 Å². The molecule has 0 saturated carbocycles. The largest absolute Gasteiger partial charge is 0.354 e. The summed E-state index contributed by atoms with van der Waals surface area (Å²) in [6, 6.07) is 3.45. The summed E-state index contributed by atoms with van der Waals surface area (Å²) in [5.74, 6) is 0.989. The smallest absolute Gasteiger partial charge is 0.237 e. The summed E-state index contributed by atoms with van der Waals surface area (Å²) in [6.07, 6.45) is 1.80. The number of hydrogen-bond acceptors (Lipinski definition) is 5. The molecule has 0 unspecified atom stereocenters. The van der Waals surface area contributed by atoms with Crippen molar-refractivity contribution < 1.29 is 4.79 Å². The fourth-order valence-electron chi connectivity index (χ4n) is 2.47. The number of carbonyl (C=O) groups excluding carboxylic acids is 1. The van der Waals surface area contributed by atoms with E-state index in [-0.39, 0.29) is 11.8 Å². The molecule has 2 rings (SSSR count). The molecule has 0 spiro atoms.